The Bertz CT molecular complexity index is 568. The zero-order chi connectivity index (χ0) is 13.8. The minimum atomic E-state index is 0.0745. The van der Waals surface area contributed by atoms with Gasteiger partial charge in [-0.2, -0.15) is 10.1 Å². The summed E-state index contributed by atoms with van der Waals surface area (Å²) in [6.07, 6.45) is 0.889. The number of aryl methyl sites for hydroxylation is 3. The van der Waals surface area contributed by atoms with Crippen LogP contribution in [-0.4, -0.2) is 31.5 Å². The summed E-state index contributed by atoms with van der Waals surface area (Å²) in [6, 6.07) is 2.05. The molecule has 0 saturated heterocycles. The average molecular weight is 301 g/mol. The van der Waals surface area contributed by atoms with Gasteiger partial charge >= 0.3 is 0 Å². The van der Waals surface area contributed by atoms with Crippen LogP contribution in [-0.2, 0) is 6.54 Å². The predicted molar refractivity (Wildman–Crippen MR) is 74.7 cm³/mol. The second-order valence-electron chi connectivity index (χ2n) is 4.15. The van der Waals surface area contributed by atoms with Crippen molar-refractivity contribution in [2.75, 3.05) is 11.9 Å². The van der Waals surface area contributed by atoms with Gasteiger partial charge in [-0.05, 0) is 37.9 Å². The highest BCUT2D eigenvalue weighted by Gasteiger charge is 2.05. The minimum absolute atomic E-state index is 0.0745. The number of hydrogen-bond acceptors (Lipinski definition) is 5. The molecule has 6 nitrogen and oxygen atoms in total. The SMILES string of the molecule is Cc1cc(C)n(CCCNc2nc(Cl)nnc2Cl)n1. The number of anilines is 1. The van der Waals surface area contributed by atoms with Crippen molar-refractivity contribution in [1.82, 2.24) is 25.0 Å². The number of nitrogens with one attached hydrogen (secondary N) is 1. The highest BCUT2D eigenvalue weighted by atomic mass is 35.5. The topological polar surface area (TPSA) is 68.5 Å². The highest BCUT2D eigenvalue weighted by Crippen LogP contribution is 2.16. The molecule has 0 aliphatic heterocycles. The Labute approximate surface area is 121 Å². The second-order valence-corrected chi connectivity index (χ2v) is 4.85. The molecule has 0 spiro atoms. The van der Waals surface area contributed by atoms with Gasteiger partial charge < -0.3 is 5.32 Å². The van der Waals surface area contributed by atoms with Gasteiger partial charge in [-0.1, -0.05) is 11.6 Å². The number of halogens is 2. The maximum atomic E-state index is 5.85. The van der Waals surface area contributed by atoms with E-state index in [4.69, 9.17) is 23.2 Å². The van der Waals surface area contributed by atoms with Gasteiger partial charge in [0.2, 0.25) is 5.28 Å². The lowest BCUT2D eigenvalue weighted by Gasteiger charge is -2.07. The lowest BCUT2D eigenvalue weighted by Crippen LogP contribution is -2.10. The van der Waals surface area contributed by atoms with Gasteiger partial charge in [0.05, 0.1) is 5.69 Å². The summed E-state index contributed by atoms with van der Waals surface area (Å²) < 4.78 is 1.98. The zero-order valence-corrected chi connectivity index (χ0v) is 12.2. The van der Waals surface area contributed by atoms with Crippen LogP contribution in [0, 0.1) is 13.8 Å². The third-order valence-electron chi connectivity index (χ3n) is 2.56. The molecular formula is C11H14Cl2N6. The maximum Gasteiger partial charge on any atom is 0.245 e. The van der Waals surface area contributed by atoms with Crippen LogP contribution in [0.3, 0.4) is 0 Å². The van der Waals surface area contributed by atoms with Gasteiger partial charge in [-0.3, -0.25) is 4.68 Å². The van der Waals surface area contributed by atoms with E-state index in [2.05, 4.69) is 31.7 Å². The van der Waals surface area contributed by atoms with E-state index >= 15 is 0 Å². The van der Waals surface area contributed by atoms with Crippen molar-refractivity contribution in [3.05, 3.63) is 27.9 Å². The van der Waals surface area contributed by atoms with Crippen LogP contribution in [0.1, 0.15) is 17.8 Å². The normalized spacial score (nSPS) is 10.7. The fourth-order valence-electron chi connectivity index (χ4n) is 1.74. The minimum Gasteiger partial charge on any atom is -0.367 e. The first kappa shape index (κ1) is 14.0. The van der Waals surface area contributed by atoms with Gasteiger partial charge in [-0.25, -0.2) is 0 Å². The molecule has 8 heteroatoms. The smallest absolute Gasteiger partial charge is 0.245 e. The highest BCUT2D eigenvalue weighted by molar-refractivity contribution is 6.32. The molecule has 0 unspecified atom stereocenters. The molecule has 0 fully saturated rings. The Kier molecular flexibility index (Phi) is 4.55. The second kappa shape index (κ2) is 6.16. The molecule has 0 atom stereocenters. The largest absolute Gasteiger partial charge is 0.367 e. The molecule has 1 N–H and O–H groups in total. The van der Waals surface area contributed by atoms with E-state index in [-0.39, 0.29) is 10.4 Å². The third-order valence-corrected chi connectivity index (χ3v) is 2.98. The van der Waals surface area contributed by atoms with Crippen molar-refractivity contribution < 1.29 is 0 Å². The first-order valence-corrected chi connectivity index (χ1v) is 6.62. The molecule has 2 aromatic heterocycles. The van der Waals surface area contributed by atoms with Crippen LogP contribution in [0.2, 0.25) is 10.4 Å². The number of nitrogens with zero attached hydrogens (tertiary/aromatic N) is 5. The summed E-state index contributed by atoms with van der Waals surface area (Å²) >= 11 is 11.5. The Morgan fingerprint density at radius 1 is 1.26 bits per heavy atom. The summed E-state index contributed by atoms with van der Waals surface area (Å²) in [5.41, 5.74) is 2.18. The van der Waals surface area contributed by atoms with Crippen molar-refractivity contribution >= 4 is 29.0 Å². The van der Waals surface area contributed by atoms with Crippen LogP contribution in [0.15, 0.2) is 6.07 Å². The molecule has 0 saturated carbocycles. The average Bonchev–Trinajstić information content (AvgIpc) is 2.67. The van der Waals surface area contributed by atoms with Gasteiger partial charge in [0, 0.05) is 18.8 Å². The Balaban J connectivity index is 1.84. The monoisotopic (exact) mass is 300 g/mol. The molecule has 0 aliphatic rings. The van der Waals surface area contributed by atoms with Gasteiger partial charge in [-0.15, -0.1) is 10.2 Å². The Hall–Kier alpha value is -1.40. The van der Waals surface area contributed by atoms with Crippen LogP contribution in [0.4, 0.5) is 5.82 Å². The summed E-state index contributed by atoms with van der Waals surface area (Å²) in [4.78, 5) is 3.97. The molecule has 0 bridgehead atoms. The van der Waals surface area contributed by atoms with Gasteiger partial charge in [0.15, 0.2) is 11.0 Å². The standard InChI is InChI=1S/C11H14Cl2N6/c1-7-6-8(2)19(18-7)5-3-4-14-10-9(12)16-17-11(13)15-10/h6H,3-5H2,1-2H3,(H,14,15,17). The molecule has 19 heavy (non-hydrogen) atoms. The zero-order valence-electron chi connectivity index (χ0n) is 10.7. The molecule has 0 radical (unpaired) electrons. The van der Waals surface area contributed by atoms with E-state index in [0.717, 1.165) is 24.4 Å². The first-order chi connectivity index (χ1) is 9.06. The summed E-state index contributed by atoms with van der Waals surface area (Å²) in [5, 5.41) is 15.0. The first-order valence-electron chi connectivity index (χ1n) is 5.87. The van der Waals surface area contributed by atoms with Crippen molar-refractivity contribution in [2.45, 2.75) is 26.8 Å². The Morgan fingerprint density at radius 3 is 2.74 bits per heavy atom. The van der Waals surface area contributed by atoms with E-state index in [1.165, 1.54) is 0 Å². The molecular weight excluding hydrogens is 287 g/mol. The molecule has 0 aliphatic carbocycles. The van der Waals surface area contributed by atoms with E-state index in [0.29, 0.717) is 12.4 Å². The van der Waals surface area contributed by atoms with E-state index in [1.54, 1.807) is 0 Å². The third kappa shape index (κ3) is 3.78. The van der Waals surface area contributed by atoms with E-state index < -0.39 is 0 Å². The van der Waals surface area contributed by atoms with Crippen molar-refractivity contribution in [3.8, 4) is 0 Å². The fourth-order valence-corrected chi connectivity index (χ4v) is 2.01. The summed E-state index contributed by atoms with van der Waals surface area (Å²) in [7, 11) is 0. The Morgan fingerprint density at radius 2 is 2.05 bits per heavy atom. The molecule has 102 valence electrons. The number of rotatable bonds is 5. The quantitative estimate of drug-likeness (QED) is 0.859. The van der Waals surface area contributed by atoms with Crippen LogP contribution < -0.4 is 5.32 Å². The number of aromatic nitrogens is 5. The molecule has 2 heterocycles. The summed E-state index contributed by atoms with van der Waals surface area (Å²) in [6.45, 7) is 5.55. The lowest BCUT2D eigenvalue weighted by molar-refractivity contribution is 0.573. The van der Waals surface area contributed by atoms with Crippen molar-refractivity contribution in [3.63, 3.8) is 0 Å². The molecule has 0 aromatic carbocycles. The lowest BCUT2D eigenvalue weighted by atomic mass is 10.4. The maximum absolute atomic E-state index is 5.85. The predicted octanol–water partition coefficient (Wildman–Crippen LogP) is 2.49. The summed E-state index contributed by atoms with van der Waals surface area (Å²) in [5.74, 6) is 0.454. The van der Waals surface area contributed by atoms with Gasteiger partial charge in [0.25, 0.3) is 0 Å². The number of hydrogen-bond donors (Lipinski definition) is 1. The molecule has 2 aromatic rings. The van der Waals surface area contributed by atoms with Crippen molar-refractivity contribution in [1.29, 1.82) is 0 Å². The van der Waals surface area contributed by atoms with Gasteiger partial charge in [0.1, 0.15) is 0 Å². The van der Waals surface area contributed by atoms with E-state index in [9.17, 15) is 0 Å². The van der Waals surface area contributed by atoms with Crippen molar-refractivity contribution in [2.24, 2.45) is 0 Å². The fraction of sp³-hybridized carbons (Fsp3) is 0.455. The van der Waals surface area contributed by atoms with E-state index in [1.807, 2.05) is 18.5 Å². The van der Waals surface area contributed by atoms with Crippen LogP contribution >= 0.6 is 23.2 Å². The molecule has 0 amide bonds. The van der Waals surface area contributed by atoms with Crippen LogP contribution in [0.5, 0.6) is 0 Å². The molecule has 2 rings (SSSR count). The van der Waals surface area contributed by atoms with Crippen LogP contribution in [0.25, 0.3) is 0 Å².